The second-order valence-corrected chi connectivity index (χ2v) is 5.56. The first-order chi connectivity index (χ1) is 12.6. The summed E-state index contributed by atoms with van der Waals surface area (Å²) < 4.78 is 32.2. The van der Waals surface area contributed by atoms with E-state index >= 15 is 0 Å². The molecule has 1 N–H and O–H groups in total. The molecule has 4 nitrogen and oxygen atoms in total. The van der Waals surface area contributed by atoms with Gasteiger partial charge in [0.05, 0.1) is 12.7 Å². The van der Waals surface area contributed by atoms with Crippen molar-refractivity contribution in [3.05, 3.63) is 83.5 Å². The van der Waals surface area contributed by atoms with Crippen molar-refractivity contribution in [2.75, 3.05) is 7.11 Å². The Balaban J connectivity index is 1.98. The van der Waals surface area contributed by atoms with Crippen molar-refractivity contribution in [2.24, 2.45) is 0 Å². The van der Waals surface area contributed by atoms with Crippen molar-refractivity contribution < 1.29 is 18.3 Å². The number of benzene rings is 2. The average molecular weight is 354 g/mol. The highest BCUT2D eigenvalue weighted by Crippen LogP contribution is 2.29. The molecule has 0 unspecified atom stereocenters. The SMILES string of the molecule is COC(=O)c1ccc(C=CCc2ncc[nH]2)cc1-c1ccc(F)cc1F. The molecule has 0 saturated carbocycles. The zero-order valence-corrected chi connectivity index (χ0v) is 14.0. The molecule has 1 heterocycles. The molecule has 0 saturated heterocycles. The number of nitrogens with zero attached hydrogens (tertiary/aromatic N) is 1. The van der Waals surface area contributed by atoms with E-state index in [1.54, 1.807) is 30.6 Å². The van der Waals surface area contributed by atoms with Crippen LogP contribution in [-0.2, 0) is 11.2 Å². The van der Waals surface area contributed by atoms with Crippen molar-refractivity contribution in [3.63, 3.8) is 0 Å². The summed E-state index contributed by atoms with van der Waals surface area (Å²) in [6, 6.07) is 8.21. The average Bonchev–Trinajstić information content (AvgIpc) is 3.14. The molecule has 0 atom stereocenters. The number of methoxy groups -OCH3 is 1. The first-order valence-corrected chi connectivity index (χ1v) is 7.91. The number of allylic oxidation sites excluding steroid dienone is 1. The smallest absolute Gasteiger partial charge is 0.338 e. The lowest BCUT2D eigenvalue weighted by Crippen LogP contribution is -2.04. The van der Waals surface area contributed by atoms with Crippen LogP contribution < -0.4 is 0 Å². The monoisotopic (exact) mass is 354 g/mol. The number of hydrogen-bond acceptors (Lipinski definition) is 3. The summed E-state index contributed by atoms with van der Waals surface area (Å²) in [5.74, 6) is -1.20. The minimum absolute atomic E-state index is 0.132. The number of carbonyl (C=O) groups is 1. The molecule has 1 aromatic heterocycles. The van der Waals surface area contributed by atoms with E-state index in [4.69, 9.17) is 4.74 Å². The maximum absolute atomic E-state index is 14.2. The zero-order chi connectivity index (χ0) is 18.5. The van der Waals surface area contributed by atoms with Crippen LogP contribution in [0.15, 0.2) is 54.9 Å². The normalized spacial score (nSPS) is 11.0. The van der Waals surface area contributed by atoms with Gasteiger partial charge in [-0.25, -0.2) is 18.6 Å². The Bertz CT molecular complexity index is 950. The summed E-state index contributed by atoms with van der Waals surface area (Å²) in [6.07, 6.45) is 7.75. The van der Waals surface area contributed by atoms with Crippen LogP contribution in [0.3, 0.4) is 0 Å². The largest absolute Gasteiger partial charge is 0.465 e. The summed E-state index contributed by atoms with van der Waals surface area (Å²) in [6.45, 7) is 0. The van der Waals surface area contributed by atoms with Gasteiger partial charge in [-0.05, 0) is 35.4 Å². The van der Waals surface area contributed by atoms with E-state index in [2.05, 4.69) is 9.97 Å². The van der Waals surface area contributed by atoms with Gasteiger partial charge < -0.3 is 9.72 Å². The number of H-pyrrole nitrogens is 1. The summed E-state index contributed by atoms with van der Waals surface area (Å²) in [4.78, 5) is 19.1. The van der Waals surface area contributed by atoms with Gasteiger partial charge in [0, 0.05) is 30.4 Å². The minimum atomic E-state index is -0.744. The number of halogens is 2. The maximum Gasteiger partial charge on any atom is 0.338 e. The molecular formula is C20H16F2N2O2. The summed E-state index contributed by atoms with van der Waals surface area (Å²) in [7, 11) is 1.25. The quantitative estimate of drug-likeness (QED) is 0.691. The molecule has 0 radical (unpaired) electrons. The molecule has 0 aliphatic heterocycles. The standard InChI is InChI=1S/C20H16F2N2O2/c1-26-20(25)16-7-5-13(3-2-4-19-23-9-10-24-19)11-17(16)15-8-6-14(21)12-18(15)22/h2-3,5-12H,4H2,1H3,(H,23,24). The molecule has 3 aromatic rings. The van der Waals surface area contributed by atoms with Crippen molar-refractivity contribution >= 4 is 12.0 Å². The number of ether oxygens (including phenoxy) is 1. The number of imidazole rings is 1. The van der Waals surface area contributed by atoms with E-state index in [0.29, 0.717) is 12.0 Å². The van der Waals surface area contributed by atoms with Crippen LogP contribution in [0.5, 0.6) is 0 Å². The highest BCUT2D eigenvalue weighted by molar-refractivity contribution is 5.97. The fourth-order valence-corrected chi connectivity index (χ4v) is 2.60. The van der Waals surface area contributed by atoms with E-state index < -0.39 is 17.6 Å². The molecule has 0 aliphatic rings. The van der Waals surface area contributed by atoms with E-state index in [-0.39, 0.29) is 11.1 Å². The molecule has 0 aliphatic carbocycles. The molecule has 0 fully saturated rings. The lowest BCUT2D eigenvalue weighted by molar-refractivity contribution is 0.0601. The number of aromatic amines is 1. The third-order valence-corrected chi connectivity index (χ3v) is 3.85. The highest BCUT2D eigenvalue weighted by Gasteiger charge is 2.16. The van der Waals surface area contributed by atoms with Gasteiger partial charge in [0.15, 0.2) is 0 Å². The second-order valence-electron chi connectivity index (χ2n) is 5.56. The fourth-order valence-electron chi connectivity index (χ4n) is 2.60. The van der Waals surface area contributed by atoms with Gasteiger partial charge in [-0.15, -0.1) is 0 Å². The predicted molar refractivity (Wildman–Crippen MR) is 94.5 cm³/mol. The van der Waals surface area contributed by atoms with E-state index in [9.17, 15) is 13.6 Å². The third-order valence-electron chi connectivity index (χ3n) is 3.85. The molecule has 0 bridgehead atoms. The van der Waals surface area contributed by atoms with E-state index in [1.807, 2.05) is 12.2 Å². The Morgan fingerprint density at radius 1 is 1.19 bits per heavy atom. The van der Waals surface area contributed by atoms with Crippen molar-refractivity contribution in [2.45, 2.75) is 6.42 Å². The number of carbonyl (C=O) groups excluding carboxylic acids is 1. The van der Waals surface area contributed by atoms with Gasteiger partial charge in [-0.3, -0.25) is 0 Å². The van der Waals surface area contributed by atoms with Crippen LogP contribution in [0.2, 0.25) is 0 Å². The molecule has 26 heavy (non-hydrogen) atoms. The Labute approximate surface area is 149 Å². The Morgan fingerprint density at radius 3 is 2.73 bits per heavy atom. The molecule has 132 valence electrons. The van der Waals surface area contributed by atoms with Crippen LogP contribution in [0.4, 0.5) is 8.78 Å². The van der Waals surface area contributed by atoms with E-state index in [0.717, 1.165) is 23.5 Å². The van der Waals surface area contributed by atoms with Crippen molar-refractivity contribution in [3.8, 4) is 11.1 Å². The van der Waals surface area contributed by atoms with Crippen LogP contribution >= 0.6 is 0 Å². The summed E-state index contributed by atoms with van der Waals surface area (Å²) >= 11 is 0. The predicted octanol–water partition coefficient (Wildman–Crippen LogP) is 4.40. The fraction of sp³-hybridized carbons (Fsp3) is 0.100. The molecule has 2 aromatic carbocycles. The van der Waals surface area contributed by atoms with Crippen molar-refractivity contribution in [1.82, 2.24) is 9.97 Å². The van der Waals surface area contributed by atoms with Gasteiger partial charge in [0.25, 0.3) is 0 Å². The Hall–Kier alpha value is -3.28. The summed E-state index contributed by atoms with van der Waals surface area (Å²) in [5, 5.41) is 0. The van der Waals surface area contributed by atoms with Gasteiger partial charge in [-0.2, -0.15) is 0 Å². The molecule has 6 heteroatoms. The second kappa shape index (κ2) is 7.74. The first-order valence-electron chi connectivity index (χ1n) is 7.91. The van der Waals surface area contributed by atoms with Gasteiger partial charge in [0.2, 0.25) is 0 Å². The molecular weight excluding hydrogens is 338 g/mol. The van der Waals surface area contributed by atoms with Crippen LogP contribution in [-0.4, -0.2) is 23.0 Å². The number of rotatable bonds is 5. The lowest BCUT2D eigenvalue weighted by atomic mass is 9.96. The zero-order valence-electron chi connectivity index (χ0n) is 14.0. The maximum atomic E-state index is 14.2. The molecule has 3 rings (SSSR count). The number of esters is 1. The molecule has 0 spiro atoms. The van der Waals surface area contributed by atoms with Crippen LogP contribution in [0.1, 0.15) is 21.7 Å². The highest BCUT2D eigenvalue weighted by atomic mass is 19.1. The van der Waals surface area contributed by atoms with Crippen molar-refractivity contribution in [1.29, 1.82) is 0 Å². The summed E-state index contributed by atoms with van der Waals surface area (Å²) in [5.41, 5.74) is 1.45. The third kappa shape index (κ3) is 3.85. The van der Waals surface area contributed by atoms with E-state index in [1.165, 1.54) is 13.2 Å². The lowest BCUT2D eigenvalue weighted by Gasteiger charge is -2.10. The van der Waals surface area contributed by atoms with Gasteiger partial charge in [0.1, 0.15) is 17.5 Å². The number of nitrogens with one attached hydrogen (secondary N) is 1. The molecule has 0 amide bonds. The number of hydrogen-bond donors (Lipinski definition) is 1. The van der Waals surface area contributed by atoms with Gasteiger partial charge in [-0.1, -0.05) is 18.2 Å². The van der Waals surface area contributed by atoms with Gasteiger partial charge >= 0.3 is 5.97 Å². The Kier molecular flexibility index (Phi) is 5.22. The minimum Gasteiger partial charge on any atom is -0.465 e. The topological polar surface area (TPSA) is 55.0 Å². The Morgan fingerprint density at radius 2 is 2.04 bits per heavy atom. The first kappa shape index (κ1) is 17.5. The number of aromatic nitrogens is 2. The van der Waals surface area contributed by atoms with Crippen LogP contribution in [0, 0.1) is 11.6 Å². The van der Waals surface area contributed by atoms with Crippen LogP contribution in [0.25, 0.3) is 17.2 Å².